The highest BCUT2D eigenvalue weighted by molar-refractivity contribution is 9.08. The summed E-state index contributed by atoms with van der Waals surface area (Å²) < 4.78 is 0. The second-order valence-electron chi connectivity index (χ2n) is 1.90. The van der Waals surface area contributed by atoms with Crippen LogP contribution in [0.4, 0.5) is 0 Å². The lowest BCUT2D eigenvalue weighted by molar-refractivity contribution is 1.17. The molecule has 2 nitrogen and oxygen atoms in total. The van der Waals surface area contributed by atoms with Gasteiger partial charge in [-0.25, -0.2) is 0 Å². The molecule has 4 heteroatoms. The van der Waals surface area contributed by atoms with E-state index in [1.165, 1.54) is 6.20 Å². The SMILES string of the molecule is N#Cc1cnc(CBr)c(Cl)c1. The Morgan fingerprint density at radius 2 is 2.45 bits per heavy atom. The highest BCUT2D eigenvalue weighted by atomic mass is 79.9. The van der Waals surface area contributed by atoms with Crippen molar-refractivity contribution in [1.29, 1.82) is 5.26 Å². The third kappa shape index (κ3) is 1.92. The minimum atomic E-state index is 0.486. The zero-order valence-corrected chi connectivity index (χ0v) is 7.85. The summed E-state index contributed by atoms with van der Waals surface area (Å²) in [5, 5.41) is 9.60. The van der Waals surface area contributed by atoms with Crippen LogP contribution in [-0.2, 0) is 5.33 Å². The van der Waals surface area contributed by atoms with Gasteiger partial charge in [-0.2, -0.15) is 5.26 Å². The van der Waals surface area contributed by atoms with Crippen molar-refractivity contribution < 1.29 is 0 Å². The number of pyridine rings is 1. The quantitative estimate of drug-likeness (QED) is 0.696. The van der Waals surface area contributed by atoms with Crippen LogP contribution in [0.2, 0.25) is 5.02 Å². The lowest BCUT2D eigenvalue weighted by Crippen LogP contribution is -1.87. The second kappa shape index (κ2) is 3.70. The van der Waals surface area contributed by atoms with Crippen molar-refractivity contribution in [2.45, 2.75) is 5.33 Å². The van der Waals surface area contributed by atoms with E-state index in [1.54, 1.807) is 6.07 Å². The van der Waals surface area contributed by atoms with E-state index in [9.17, 15) is 0 Å². The number of nitrogens with zero attached hydrogens (tertiary/aromatic N) is 2. The molecular weight excluding hydrogens is 227 g/mol. The minimum Gasteiger partial charge on any atom is -0.257 e. The number of nitriles is 1. The Kier molecular flexibility index (Phi) is 2.86. The van der Waals surface area contributed by atoms with Crippen molar-refractivity contribution in [2.24, 2.45) is 0 Å². The molecule has 1 rings (SSSR count). The van der Waals surface area contributed by atoms with Gasteiger partial charge in [-0.1, -0.05) is 27.5 Å². The predicted molar refractivity (Wildman–Crippen MR) is 46.6 cm³/mol. The van der Waals surface area contributed by atoms with Gasteiger partial charge < -0.3 is 0 Å². The van der Waals surface area contributed by atoms with Crippen molar-refractivity contribution in [3.8, 4) is 6.07 Å². The lowest BCUT2D eigenvalue weighted by Gasteiger charge is -1.96. The van der Waals surface area contributed by atoms with Crippen molar-refractivity contribution in [1.82, 2.24) is 4.98 Å². The highest BCUT2D eigenvalue weighted by Crippen LogP contribution is 2.16. The Balaban J connectivity index is 3.12. The van der Waals surface area contributed by atoms with E-state index in [-0.39, 0.29) is 0 Å². The van der Waals surface area contributed by atoms with Gasteiger partial charge in [0.2, 0.25) is 0 Å². The average Bonchev–Trinajstić information content (AvgIpc) is 2.04. The maximum atomic E-state index is 8.47. The lowest BCUT2D eigenvalue weighted by atomic mass is 10.3. The molecule has 1 aromatic rings. The summed E-state index contributed by atoms with van der Waals surface area (Å²) in [6, 6.07) is 3.56. The molecule has 0 N–H and O–H groups in total. The summed E-state index contributed by atoms with van der Waals surface area (Å²) in [5.74, 6) is 0. The minimum absolute atomic E-state index is 0.486. The van der Waals surface area contributed by atoms with Crippen LogP contribution in [0.5, 0.6) is 0 Å². The maximum absolute atomic E-state index is 8.47. The molecule has 0 saturated heterocycles. The third-order valence-corrected chi connectivity index (χ3v) is 2.03. The van der Waals surface area contributed by atoms with Crippen LogP contribution in [0.25, 0.3) is 0 Å². The Hall–Kier alpha value is -0.590. The van der Waals surface area contributed by atoms with Gasteiger partial charge in [0, 0.05) is 11.5 Å². The summed E-state index contributed by atoms with van der Waals surface area (Å²) in [7, 11) is 0. The van der Waals surface area contributed by atoms with Gasteiger partial charge in [0.25, 0.3) is 0 Å². The molecule has 0 aliphatic heterocycles. The van der Waals surface area contributed by atoms with Crippen LogP contribution in [0.1, 0.15) is 11.3 Å². The first-order valence-corrected chi connectivity index (χ1v) is 4.38. The molecule has 0 fully saturated rings. The van der Waals surface area contributed by atoms with Gasteiger partial charge in [0.15, 0.2) is 0 Å². The van der Waals surface area contributed by atoms with Crippen molar-refractivity contribution in [3.05, 3.63) is 28.5 Å². The summed E-state index contributed by atoms with van der Waals surface area (Å²) in [6.07, 6.45) is 1.50. The molecule has 0 bridgehead atoms. The number of hydrogen-bond donors (Lipinski definition) is 0. The van der Waals surface area contributed by atoms with Crippen LogP contribution >= 0.6 is 27.5 Å². The fourth-order valence-electron chi connectivity index (χ4n) is 0.626. The first-order valence-electron chi connectivity index (χ1n) is 2.88. The molecule has 1 heterocycles. The number of halogens is 2. The van der Waals surface area contributed by atoms with E-state index in [4.69, 9.17) is 16.9 Å². The standard InChI is InChI=1S/C7H4BrClN2/c8-2-7-6(9)1-5(3-10)4-11-7/h1,4H,2H2. The molecule has 0 aliphatic rings. The van der Waals surface area contributed by atoms with Crippen LogP contribution < -0.4 is 0 Å². The molecule has 0 aromatic carbocycles. The Labute approximate surface area is 77.9 Å². The highest BCUT2D eigenvalue weighted by Gasteiger charge is 2.00. The molecule has 56 valence electrons. The van der Waals surface area contributed by atoms with Crippen molar-refractivity contribution in [2.75, 3.05) is 0 Å². The summed E-state index contributed by atoms with van der Waals surface area (Å²) in [6.45, 7) is 0. The van der Waals surface area contributed by atoms with E-state index < -0.39 is 0 Å². The fourth-order valence-corrected chi connectivity index (χ4v) is 1.47. The molecule has 0 saturated carbocycles. The molecule has 11 heavy (non-hydrogen) atoms. The number of alkyl halides is 1. The fraction of sp³-hybridized carbons (Fsp3) is 0.143. The Bertz CT molecular complexity index is 306. The van der Waals surface area contributed by atoms with Gasteiger partial charge in [0.05, 0.1) is 16.3 Å². The zero-order valence-electron chi connectivity index (χ0n) is 5.51. The van der Waals surface area contributed by atoms with Gasteiger partial charge in [-0.3, -0.25) is 4.98 Å². The van der Waals surface area contributed by atoms with E-state index in [0.717, 1.165) is 5.69 Å². The molecule has 0 aliphatic carbocycles. The zero-order chi connectivity index (χ0) is 8.27. The van der Waals surface area contributed by atoms with Crippen LogP contribution in [0.15, 0.2) is 12.3 Å². The first-order chi connectivity index (χ1) is 5.27. The molecule has 0 spiro atoms. The van der Waals surface area contributed by atoms with E-state index in [0.29, 0.717) is 15.9 Å². The predicted octanol–water partition coefficient (Wildman–Crippen LogP) is 2.50. The summed E-state index contributed by atoms with van der Waals surface area (Å²) >= 11 is 8.99. The van der Waals surface area contributed by atoms with Gasteiger partial charge in [-0.15, -0.1) is 0 Å². The normalized spacial score (nSPS) is 9.18. The summed E-state index contributed by atoms with van der Waals surface area (Å²) in [4.78, 5) is 3.97. The monoisotopic (exact) mass is 230 g/mol. The Morgan fingerprint density at radius 3 is 2.91 bits per heavy atom. The van der Waals surface area contributed by atoms with E-state index in [2.05, 4.69) is 20.9 Å². The van der Waals surface area contributed by atoms with Gasteiger partial charge in [0.1, 0.15) is 6.07 Å². The molecular formula is C7H4BrClN2. The van der Waals surface area contributed by atoms with Gasteiger partial charge in [-0.05, 0) is 6.07 Å². The van der Waals surface area contributed by atoms with E-state index >= 15 is 0 Å². The number of aromatic nitrogens is 1. The summed E-state index contributed by atoms with van der Waals surface area (Å²) in [5.41, 5.74) is 1.24. The molecule has 1 aromatic heterocycles. The maximum Gasteiger partial charge on any atom is 0.101 e. The molecule has 0 atom stereocenters. The Morgan fingerprint density at radius 1 is 1.73 bits per heavy atom. The number of rotatable bonds is 1. The first kappa shape index (κ1) is 8.51. The number of hydrogen-bond acceptors (Lipinski definition) is 2. The largest absolute Gasteiger partial charge is 0.257 e. The topological polar surface area (TPSA) is 36.7 Å². The molecule has 0 radical (unpaired) electrons. The van der Waals surface area contributed by atoms with Crippen LogP contribution in [-0.4, -0.2) is 4.98 Å². The smallest absolute Gasteiger partial charge is 0.101 e. The van der Waals surface area contributed by atoms with Gasteiger partial charge >= 0.3 is 0 Å². The molecule has 0 unspecified atom stereocenters. The van der Waals surface area contributed by atoms with Crippen LogP contribution in [0, 0.1) is 11.3 Å². The van der Waals surface area contributed by atoms with E-state index in [1.807, 2.05) is 6.07 Å². The molecule has 0 amide bonds. The average molecular weight is 231 g/mol. The second-order valence-corrected chi connectivity index (χ2v) is 2.87. The van der Waals surface area contributed by atoms with Crippen molar-refractivity contribution in [3.63, 3.8) is 0 Å². The van der Waals surface area contributed by atoms with Crippen LogP contribution in [0.3, 0.4) is 0 Å². The third-order valence-electron chi connectivity index (χ3n) is 1.17. The van der Waals surface area contributed by atoms with Crippen molar-refractivity contribution >= 4 is 27.5 Å².